The third-order valence-corrected chi connectivity index (χ3v) is 7.15. The molecule has 3 rings (SSSR count). The molecule has 0 radical (unpaired) electrons. The van der Waals surface area contributed by atoms with Crippen LogP contribution in [0.5, 0.6) is 0 Å². The van der Waals surface area contributed by atoms with Crippen LogP contribution < -0.4 is 10.6 Å². The Morgan fingerprint density at radius 2 is 1.81 bits per heavy atom. The minimum atomic E-state index is -3.82. The molecule has 166 valence electrons. The standard InChI is InChI=1S/C22H26FN3O4S/c1-16(21(27)24-14-17-6-3-2-4-7-17)25-22(28)18-8-5-13-26(15-18)31(29,30)20-11-9-19(23)10-12-20/h2-4,6-7,9-12,16,18H,5,8,13-15H2,1H3,(H,24,27)(H,25,28)/t16-,18?/m1/s1. The first-order valence-electron chi connectivity index (χ1n) is 10.1. The fourth-order valence-corrected chi connectivity index (χ4v) is 4.99. The Labute approximate surface area is 181 Å². The van der Waals surface area contributed by atoms with Gasteiger partial charge >= 0.3 is 0 Å². The zero-order chi connectivity index (χ0) is 22.4. The van der Waals surface area contributed by atoms with E-state index in [1.807, 2.05) is 30.3 Å². The molecule has 1 saturated heterocycles. The number of carbonyl (C=O) groups excluding carboxylic acids is 2. The molecule has 0 aliphatic carbocycles. The number of piperidine rings is 1. The maximum atomic E-state index is 13.1. The molecule has 1 fully saturated rings. The Morgan fingerprint density at radius 3 is 2.48 bits per heavy atom. The highest BCUT2D eigenvalue weighted by molar-refractivity contribution is 7.89. The van der Waals surface area contributed by atoms with Crippen LogP contribution in [0.1, 0.15) is 25.3 Å². The SMILES string of the molecule is C[C@@H](NC(=O)C1CCCN(S(=O)(=O)c2ccc(F)cc2)C1)C(=O)NCc1ccccc1. The van der Waals surface area contributed by atoms with Crippen LogP contribution in [-0.4, -0.2) is 43.7 Å². The van der Waals surface area contributed by atoms with Crippen LogP contribution in [-0.2, 0) is 26.2 Å². The van der Waals surface area contributed by atoms with Gasteiger partial charge in [-0.3, -0.25) is 9.59 Å². The average molecular weight is 448 g/mol. The first-order valence-corrected chi connectivity index (χ1v) is 11.6. The van der Waals surface area contributed by atoms with Gasteiger partial charge < -0.3 is 10.6 Å². The lowest BCUT2D eigenvalue weighted by molar-refractivity contribution is -0.131. The van der Waals surface area contributed by atoms with Crippen LogP contribution in [0.2, 0.25) is 0 Å². The van der Waals surface area contributed by atoms with Gasteiger partial charge in [0.2, 0.25) is 21.8 Å². The van der Waals surface area contributed by atoms with E-state index in [1.165, 1.54) is 16.4 Å². The predicted molar refractivity (Wildman–Crippen MR) is 114 cm³/mol. The number of sulfonamides is 1. The first-order chi connectivity index (χ1) is 14.8. The molecule has 9 heteroatoms. The number of nitrogens with one attached hydrogen (secondary N) is 2. The summed E-state index contributed by atoms with van der Waals surface area (Å²) < 4.78 is 40.0. The second kappa shape index (κ2) is 10.0. The Morgan fingerprint density at radius 1 is 1.13 bits per heavy atom. The molecule has 0 aromatic heterocycles. The first kappa shape index (κ1) is 22.9. The number of benzene rings is 2. The maximum absolute atomic E-state index is 13.1. The van der Waals surface area contributed by atoms with Crippen LogP contribution in [0.3, 0.4) is 0 Å². The van der Waals surface area contributed by atoms with Crippen LogP contribution in [0.25, 0.3) is 0 Å². The van der Waals surface area contributed by atoms with Crippen LogP contribution in [0.15, 0.2) is 59.5 Å². The highest BCUT2D eigenvalue weighted by Gasteiger charge is 2.34. The van der Waals surface area contributed by atoms with Gasteiger partial charge in [0.25, 0.3) is 0 Å². The van der Waals surface area contributed by atoms with Crippen molar-refractivity contribution in [1.29, 1.82) is 0 Å². The second-order valence-electron chi connectivity index (χ2n) is 7.59. The summed E-state index contributed by atoms with van der Waals surface area (Å²) in [7, 11) is -3.82. The molecule has 0 spiro atoms. The van der Waals surface area contributed by atoms with Crippen LogP contribution >= 0.6 is 0 Å². The predicted octanol–water partition coefficient (Wildman–Crippen LogP) is 2.05. The number of amides is 2. The summed E-state index contributed by atoms with van der Waals surface area (Å²) in [6, 6.07) is 13.3. The number of rotatable bonds is 7. The monoisotopic (exact) mass is 447 g/mol. The molecule has 1 heterocycles. The summed E-state index contributed by atoms with van der Waals surface area (Å²) in [6.45, 7) is 2.25. The summed E-state index contributed by atoms with van der Waals surface area (Å²) in [5.74, 6) is -1.76. The van der Waals surface area contributed by atoms with Crippen LogP contribution in [0.4, 0.5) is 4.39 Å². The van der Waals surface area contributed by atoms with Crippen LogP contribution in [0, 0.1) is 11.7 Å². The highest BCUT2D eigenvalue weighted by atomic mass is 32.2. The quantitative estimate of drug-likeness (QED) is 0.679. The summed E-state index contributed by atoms with van der Waals surface area (Å²) in [5.41, 5.74) is 0.947. The van der Waals surface area contributed by atoms with Crippen molar-refractivity contribution in [1.82, 2.24) is 14.9 Å². The van der Waals surface area contributed by atoms with Crippen molar-refractivity contribution in [3.05, 3.63) is 66.0 Å². The topological polar surface area (TPSA) is 95.6 Å². The lowest BCUT2D eigenvalue weighted by Gasteiger charge is -2.31. The summed E-state index contributed by atoms with van der Waals surface area (Å²) in [5, 5.41) is 5.46. The Kier molecular flexibility index (Phi) is 7.40. The lowest BCUT2D eigenvalue weighted by Crippen LogP contribution is -2.50. The minimum absolute atomic E-state index is 0.0105. The summed E-state index contributed by atoms with van der Waals surface area (Å²) >= 11 is 0. The zero-order valence-electron chi connectivity index (χ0n) is 17.3. The van der Waals surface area contributed by atoms with Gasteiger partial charge in [0.05, 0.1) is 10.8 Å². The van der Waals surface area contributed by atoms with Gasteiger partial charge in [0, 0.05) is 19.6 Å². The fourth-order valence-electron chi connectivity index (χ4n) is 3.47. The van der Waals surface area contributed by atoms with Gasteiger partial charge in [0.1, 0.15) is 11.9 Å². The molecule has 0 saturated carbocycles. The van der Waals surface area contributed by atoms with E-state index < -0.39 is 27.8 Å². The smallest absolute Gasteiger partial charge is 0.243 e. The van der Waals surface area contributed by atoms with Gasteiger partial charge in [-0.15, -0.1) is 0 Å². The molecule has 1 unspecified atom stereocenters. The molecule has 2 aromatic rings. The molecule has 1 aliphatic rings. The van der Waals surface area contributed by atoms with Crippen molar-refractivity contribution < 1.29 is 22.4 Å². The number of hydrogen-bond acceptors (Lipinski definition) is 4. The van der Waals surface area contributed by atoms with E-state index in [4.69, 9.17) is 0 Å². The van der Waals surface area contributed by atoms with E-state index in [0.717, 1.165) is 17.7 Å². The molecular weight excluding hydrogens is 421 g/mol. The molecule has 2 atom stereocenters. The van der Waals surface area contributed by atoms with Crippen molar-refractivity contribution in [3.63, 3.8) is 0 Å². The Balaban J connectivity index is 1.56. The molecule has 2 aromatic carbocycles. The Bertz CT molecular complexity index is 1010. The van der Waals surface area contributed by atoms with E-state index in [-0.39, 0.29) is 29.8 Å². The lowest BCUT2D eigenvalue weighted by atomic mass is 9.98. The largest absolute Gasteiger partial charge is 0.350 e. The maximum Gasteiger partial charge on any atom is 0.243 e. The van der Waals surface area contributed by atoms with Crippen molar-refractivity contribution in [2.45, 2.75) is 37.2 Å². The van der Waals surface area contributed by atoms with Crippen molar-refractivity contribution in [2.24, 2.45) is 5.92 Å². The third-order valence-electron chi connectivity index (χ3n) is 5.27. The normalized spacial score (nSPS) is 18.2. The summed E-state index contributed by atoms with van der Waals surface area (Å²) in [4.78, 5) is 25.0. The van der Waals surface area contributed by atoms with Crippen molar-refractivity contribution in [3.8, 4) is 0 Å². The number of nitrogens with zero attached hydrogens (tertiary/aromatic N) is 1. The molecule has 2 N–H and O–H groups in total. The molecular formula is C22H26FN3O4S. The van der Waals surface area contributed by atoms with E-state index in [2.05, 4.69) is 10.6 Å². The van der Waals surface area contributed by atoms with Crippen molar-refractivity contribution in [2.75, 3.05) is 13.1 Å². The van der Waals surface area contributed by atoms with E-state index in [1.54, 1.807) is 6.92 Å². The van der Waals surface area contributed by atoms with E-state index in [9.17, 15) is 22.4 Å². The number of carbonyl (C=O) groups is 2. The second-order valence-corrected chi connectivity index (χ2v) is 9.53. The molecule has 7 nitrogen and oxygen atoms in total. The van der Waals surface area contributed by atoms with Gasteiger partial charge in [-0.2, -0.15) is 4.31 Å². The number of halogens is 1. The minimum Gasteiger partial charge on any atom is -0.350 e. The Hall–Kier alpha value is -2.78. The van der Waals surface area contributed by atoms with Gasteiger partial charge in [-0.1, -0.05) is 30.3 Å². The molecule has 1 aliphatic heterocycles. The van der Waals surface area contributed by atoms with Crippen molar-refractivity contribution >= 4 is 21.8 Å². The van der Waals surface area contributed by atoms with E-state index in [0.29, 0.717) is 19.4 Å². The fraction of sp³-hybridized carbons (Fsp3) is 0.364. The zero-order valence-corrected chi connectivity index (χ0v) is 18.1. The summed E-state index contributed by atoms with van der Waals surface area (Å²) in [6.07, 6.45) is 1.05. The highest BCUT2D eigenvalue weighted by Crippen LogP contribution is 2.24. The number of hydrogen-bond donors (Lipinski definition) is 2. The molecule has 2 amide bonds. The molecule has 0 bridgehead atoms. The van der Waals surface area contributed by atoms with E-state index >= 15 is 0 Å². The van der Waals surface area contributed by atoms with Gasteiger partial charge in [0.15, 0.2) is 0 Å². The average Bonchev–Trinajstić information content (AvgIpc) is 2.78. The molecule has 31 heavy (non-hydrogen) atoms. The van der Waals surface area contributed by atoms with Gasteiger partial charge in [-0.05, 0) is 49.6 Å². The van der Waals surface area contributed by atoms with Gasteiger partial charge in [-0.25, -0.2) is 12.8 Å². The third kappa shape index (κ3) is 5.89.